The Morgan fingerprint density at radius 1 is 1.19 bits per heavy atom. The van der Waals surface area contributed by atoms with Crippen LogP contribution < -0.4 is 14.9 Å². The smallest absolute Gasteiger partial charge is 0.269 e. The summed E-state index contributed by atoms with van der Waals surface area (Å²) in [4.78, 5) is 14.6. The Hall–Kier alpha value is -2.53. The second kappa shape index (κ2) is 9.53. The first-order chi connectivity index (χ1) is 15.3. The molecule has 0 aliphatic carbocycles. The first-order valence-corrected chi connectivity index (χ1v) is 12.8. The van der Waals surface area contributed by atoms with Crippen LogP contribution in [0.3, 0.4) is 0 Å². The topological polar surface area (TPSA) is 104 Å². The summed E-state index contributed by atoms with van der Waals surface area (Å²) >= 11 is 6.80. The summed E-state index contributed by atoms with van der Waals surface area (Å²) in [5.74, 6) is -0.483. The fourth-order valence-corrected chi connectivity index (χ4v) is 5.90. The highest BCUT2D eigenvalue weighted by molar-refractivity contribution is 7.91. The van der Waals surface area contributed by atoms with Crippen LogP contribution in [-0.4, -0.2) is 43.7 Å². The fraction of sp³-hybridized carbons (Fsp3) is 0.286. The van der Waals surface area contributed by atoms with E-state index in [9.17, 15) is 13.2 Å². The van der Waals surface area contributed by atoms with Crippen LogP contribution in [0.2, 0.25) is 5.02 Å². The lowest BCUT2D eigenvalue weighted by Gasteiger charge is -2.24. The summed E-state index contributed by atoms with van der Waals surface area (Å²) in [6.07, 6.45) is 1.64. The van der Waals surface area contributed by atoms with Crippen LogP contribution in [0.25, 0.3) is 0 Å². The minimum atomic E-state index is -3.82. The van der Waals surface area contributed by atoms with Crippen LogP contribution in [0.5, 0.6) is 0 Å². The molecule has 0 spiro atoms. The molecule has 2 heterocycles. The van der Waals surface area contributed by atoms with Gasteiger partial charge in [-0.2, -0.15) is 0 Å². The lowest BCUT2D eigenvalue weighted by molar-refractivity contribution is 0.102. The van der Waals surface area contributed by atoms with E-state index in [1.165, 1.54) is 11.3 Å². The minimum Gasteiger partial charge on any atom is -0.368 e. The highest BCUT2D eigenvalue weighted by atomic mass is 35.5. The summed E-state index contributed by atoms with van der Waals surface area (Å²) in [6.45, 7) is 3.19. The zero-order valence-electron chi connectivity index (χ0n) is 17.3. The summed E-state index contributed by atoms with van der Waals surface area (Å²) in [5, 5.41) is 10.4. The average Bonchev–Trinajstić information content (AvgIpc) is 3.36. The number of sulfonamides is 1. The molecule has 11 heteroatoms. The SMILES string of the molecule is CC1Cc2ccccc2N1CCCNS(=O)(=O)c1nnc(NC(=O)c2ccccc2Cl)s1. The highest BCUT2D eigenvalue weighted by Gasteiger charge is 2.25. The van der Waals surface area contributed by atoms with Crippen LogP contribution in [0.4, 0.5) is 10.8 Å². The molecule has 0 bridgehead atoms. The van der Waals surface area contributed by atoms with Gasteiger partial charge in [0.2, 0.25) is 9.47 Å². The molecule has 168 valence electrons. The van der Waals surface area contributed by atoms with E-state index >= 15 is 0 Å². The number of carbonyl (C=O) groups is 1. The Morgan fingerprint density at radius 2 is 1.94 bits per heavy atom. The van der Waals surface area contributed by atoms with Gasteiger partial charge in [0.1, 0.15) is 0 Å². The third-order valence-electron chi connectivity index (χ3n) is 5.19. The molecule has 1 atom stereocenters. The van der Waals surface area contributed by atoms with Gasteiger partial charge in [-0.15, -0.1) is 10.2 Å². The monoisotopic (exact) mass is 491 g/mol. The van der Waals surface area contributed by atoms with E-state index in [0.717, 1.165) is 24.3 Å². The third kappa shape index (κ3) is 4.93. The van der Waals surface area contributed by atoms with Gasteiger partial charge in [0.15, 0.2) is 0 Å². The second-order valence-corrected chi connectivity index (χ2v) is 10.8. The molecule has 8 nitrogen and oxygen atoms in total. The van der Waals surface area contributed by atoms with E-state index in [4.69, 9.17) is 11.6 Å². The number of halogens is 1. The quantitative estimate of drug-likeness (QED) is 0.369. The van der Waals surface area contributed by atoms with Gasteiger partial charge >= 0.3 is 0 Å². The number of amides is 1. The number of anilines is 2. The number of aromatic nitrogens is 2. The van der Waals surface area contributed by atoms with Crippen molar-refractivity contribution in [2.75, 3.05) is 23.3 Å². The number of carbonyl (C=O) groups excluding carboxylic acids is 1. The second-order valence-electron chi connectivity index (χ2n) is 7.43. The Kier molecular flexibility index (Phi) is 6.75. The summed E-state index contributed by atoms with van der Waals surface area (Å²) in [5.41, 5.74) is 2.80. The molecular formula is C21H22ClN5O3S2. The summed E-state index contributed by atoms with van der Waals surface area (Å²) in [7, 11) is -3.82. The fourth-order valence-electron chi connectivity index (χ4n) is 3.67. The molecule has 1 aliphatic heterocycles. The zero-order chi connectivity index (χ0) is 22.7. The predicted molar refractivity (Wildman–Crippen MR) is 126 cm³/mol. The van der Waals surface area contributed by atoms with Crippen molar-refractivity contribution in [1.82, 2.24) is 14.9 Å². The molecular weight excluding hydrogens is 470 g/mol. The van der Waals surface area contributed by atoms with E-state index in [0.29, 0.717) is 17.5 Å². The number of hydrogen-bond acceptors (Lipinski definition) is 7. The highest BCUT2D eigenvalue weighted by Crippen LogP contribution is 2.31. The maximum atomic E-state index is 12.6. The molecule has 3 aromatic rings. The number of benzene rings is 2. The molecule has 1 aromatic heterocycles. The van der Waals surface area contributed by atoms with Gasteiger partial charge in [-0.1, -0.05) is 53.3 Å². The van der Waals surface area contributed by atoms with Crippen molar-refractivity contribution in [1.29, 1.82) is 0 Å². The molecule has 0 saturated heterocycles. The van der Waals surface area contributed by atoms with Gasteiger partial charge < -0.3 is 4.90 Å². The maximum absolute atomic E-state index is 12.6. The molecule has 0 fully saturated rings. The van der Waals surface area contributed by atoms with Crippen molar-refractivity contribution >= 4 is 49.7 Å². The number of rotatable bonds is 8. The molecule has 2 aromatic carbocycles. The number of nitrogens with one attached hydrogen (secondary N) is 2. The van der Waals surface area contributed by atoms with E-state index in [2.05, 4.69) is 44.2 Å². The summed E-state index contributed by atoms with van der Waals surface area (Å²) in [6, 6.07) is 15.2. The number of para-hydroxylation sites is 1. The van der Waals surface area contributed by atoms with Crippen LogP contribution in [0.1, 0.15) is 29.3 Å². The van der Waals surface area contributed by atoms with Crippen LogP contribution in [0.15, 0.2) is 52.9 Å². The predicted octanol–water partition coefficient (Wildman–Crippen LogP) is 3.56. The van der Waals surface area contributed by atoms with Crippen LogP contribution in [0, 0.1) is 0 Å². The molecule has 1 aliphatic rings. The maximum Gasteiger partial charge on any atom is 0.269 e. The molecule has 1 amide bonds. The number of hydrogen-bond donors (Lipinski definition) is 2. The van der Waals surface area contributed by atoms with Gasteiger partial charge in [0.25, 0.3) is 15.9 Å². The normalized spacial score (nSPS) is 15.6. The molecule has 1 unspecified atom stereocenters. The van der Waals surface area contributed by atoms with E-state index in [1.54, 1.807) is 24.3 Å². The largest absolute Gasteiger partial charge is 0.368 e. The molecule has 0 saturated carbocycles. The zero-order valence-corrected chi connectivity index (χ0v) is 19.7. The van der Waals surface area contributed by atoms with Crippen molar-refractivity contribution in [3.63, 3.8) is 0 Å². The summed E-state index contributed by atoms with van der Waals surface area (Å²) < 4.78 is 27.5. The first-order valence-electron chi connectivity index (χ1n) is 10.1. The van der Waals surface area contributed by atoms with Gasteiger partial charge in [-0.25, -0.2) is 13.1 Å². The Bertz CT molecular complexity index is 1230. The molecule has 32 heavy (non-hydrogen) atoms. The van der Waals surface area contributed by atoms with Gasteiger partial charge in [-0.05, 0) is 43.5 Å². The van der Waals surface area contributed by atoms with Crippen molar-refractivity contribution in [2.45, 2.75) is 30.1 Å². The Morgan fingerprint density at radius 3 is 2.75 bits per heavy atom. The number of nitrogens with zero attached hydrogens (tertiary/aromatic N) is 3. The third-order valence-corrected chi connectivity index (χ3v) is 8.19. The Labute approximate surface area is 195 Å². The lowest BCUT2D eigenvalue weighted by atomic mass is 10.1. The molecule has 2 N–H and O–H groups in total. The van der Waals surface area contributed by atoms with Gasteiger partial charge in [0.05, 0.1) is 10.6 Å². The van der Waals surface area contributed by atoms with Crippen molar-refractivity contribution in [2.24, 2.45) is 0 Å². The van der Waals surface area contributed by atoms with E-state index in [-0.39, 0.29) is 21.6 Å². The van der Waals surface area contributed by atoms with Crippen molar-refractivity contribution in [3.05, 3.63) is 64.7 Å². The van der Waals surface area contributed by atoms with E-state index in [1.807, 2.05) is 12.1 Å². The standard InChI is InChI=1S/C21H22ClN5O3S2/c1-14-13-15-7-2-5-10-18(15)27(14)12-6-11-23-32(29,30)21-26-25-20(31-21)24-19(28)16-8-3-4-9-17(16)22/h2-5,7-10,14,23H,6,11-13H2,1H3,(H,24,25,28). The minimum absolute atomic E-state index is 0.0813. The van der Waals surface area contributed by atoms with Crippen LogP contribution >= 0.6 is 22.9 Å². The molecule has 0 radical (unpaired) electrons. The average molecular weight is 492 g/mol. The number of fused-ring (bicyclic) bond motifs is 1. The van der Waals surface area contributed by atoms with Crippen LogP contribution in [-0.2, 0) is 16.4 Å². The first kappa shape index (κ1) is 22.7. The van der Waals surface area contributed by atoms with E-state index < -0.39 is 15.9 Å². The van der Waals surface area contributed by atoms with Gasteiger partial charge in [0, 0.05) is 24.8 Å². The molecule has 4 rings (SSSR count). The lowest BCUT2D eigenvalue weighted by Crippen LogP contribution is -2.33. The van der Waals surface area contributed by atoms with Gasteiger partial charge in [-0.3, -0.25) is 10.1 Å². The van der Waals surface area contributed by atoms with Crippen molar-refractivity contribution < 1.29 is 13.2 Å². The Balaban J connectivity index is 1.31. The van der Waals surface area contributed by atoms with Crippen molar-refractivity contribution in [3.8, 4) is 0 Å².